The van der Waals surface area contributed by atoms with E-state index in [1.54, 1.807) is 6.20 Å². The van der Waals surface area contributed by atoms with Crippen LogP contribution in [0.4, 0.5) is 0 Å². The molecule has 1 atom stereocenters. The average Bonchev–Trinajstić information content (AvgIpc) is 3.46. The fourth-order valence-corrected chi connectivity index (χ4v) is 3.75. The molecule has 2 aliphatic rings. The first-order valence-corrected chi connectivity index (χ1v) is 9.33. The largest absolute Gasteiger partial charge is 0.342 e. The summed E-state index contributed by atoms with van der Waals surface area (Å²) in [6.45, 7) is 1.63. The lowest BCUT2D eigenvalue weighted by Crippen LogP contribution is -2.40. The molecule has 6 heteroatoms. The van der Waals surface area contributed by atoms with Gasteiger partial charge in [-0.3, -0.25) is 9.78 Å². The number of rotatable bonds is 3. The number of pyridine rings is 2. The molecule has 1 aliphatic heterocycles. The summed E-state index contributed by atoms with van der Waals surface area (Å²) in [7, 11) is 0. The molecule has 6 nitrogen and oxygen atoms in total. The second-order valence-electron chi connectivity index (χ2n) is 7.33. The Morgan fingerprint density at radius 3 is 2.85 bits per heavy atom. The molecule has 0 aromatic carbocycles. The van der Waals surface area contributed by atoms with E-state index in [0.717, 1.165) is 61.4 Å². The molecule has 1 aliphatic carbocycles. The quantitative estimate of drug-likeness (QED) is 0.731. The molecule has 26 heavy (non-hydrogen) atoms. The summed E-state index contributed by atoms with van der Waals surface area (Å²) in [6, 6.07) is 8.01. The maximum absolute atomic E-state index is 12.4. The van der Waals surface area contributed by atoms with Crippen LogP contribution in [0.25, 0.3) is 16.8 Å². The fraction of sp³-hybridized carbons (Fsp3) is 0.400. The molecule has 5 rings (SSSR count). The van der Waals surface area contributed by atoms with Crippen molar-refractivity contribution in [2.24, 2.45) is 5.92 Å². The number of fused-ring (bicyclic) bond motifs is 1. The van der Waals surface area contributed by atoms with Crippen LogP contribution in [0, 0.1) is 5.92 Å². The number of likely N-dealkylation sites (tertiary alicyclic amines) is 1. The van der Waals surface area contributed by atoms with Crippen molar-refractivity contribution < 1.29 is 4.79 Å². The highest BCUT2D eigenvalue weighted by atomic mass is 16.2. The van der Waals surface area contributed by atoms with Gasteiger partial charge in [0.15, 0.2) is 11.5 Å². The van der Waals surface area contributed by atoms with Crippen molar-refractivity contribution in [1.82, 2.24) is 24.5 Å². The monoisotopic (exact) mass is 347 g/mol. The molecule has 4 heterocycles. The van der Waals surface area contributed by atoms with Crippen LogP contribution in [-0.4, -0.2) is 43.5 Å². The molecule has 3 aromatic rings. The third-order valence-electron chi connectivity index (χ3n) is 5.37. The summed E-state index contributed by atoms with van der Waals surface area (Å²) in [5.41, 5.74) is 2.97. The SMILES string of the molecule is O=C(C1CC1)N1CCC[C@H](c2nc3ccc(-c4cccnc4)cn3n2)C1. The first kappa shape index (κ1) is 15.5. The van der Waals surface area contributed by atoms with Gasteiger partial charge in [0.25, 0.3) is 0 Å². The van der Waals surface area contributed by atoms with Crippen LogP contribution in [0.15, 0.2) is 42.9 Å². The van der Waals surface area contributed by atoms with Crippen molar-refractivity contribution in [2.45, 2.75) is 31.6 Å². The molecule has 0 bridgehead atoms. The molecule has 132 valence electrons. The van der Waals surface area contributed by atoms with E-state index in [0.29, 0.717) is 5.91 Å². The van der Waals surface area contributed by atoms with Crippen LogP contribution in [-0.2, 0) is 4.79 Å². The minimum atomic E-state index is 0.230. The summed E-state index contributed by atoms with van der Waals surface area (Å²) < 4.78 is 1.85. The lowest BCUT2D eigenvalue weighted by Gasteiger charge is -2.31. The number of nitrogens with zero attached hydrogens (tertiary/aromatic N) is 5. The fourth-order valence-electron chi connectivity index (χ4n) is 3.75. The molecule has 2 fully saturated rings. The lowest BCUT2D eigenvalue weighted by molar-refractivity contribution is -0.133. The molecule has 3 aromatic heterocycles. The van der Waals surface area contributed by atoms with Gasteiger partial charge in [0.2, 0.25) is 5.91 Å². The zero-order chi connectivity index (χ0) is 17.5. The Bertz CT molecular complexity index is 947. The molecule has 1 saturated carbocycles. The summed E-state index contributed by atoms with van der Waals surface area (Å²) >= 11 is 0. The number of hydrogen-bond donors (Lipinski definition) is 0. The maximum Gasteiger partial charge on any atom is 0.225 e. The molecule has 0 N–H and O–H groups in total. The van der Waals surface area contributed by atoms with E-state index >= 15 is 0 Å². The van der Waals surface area contributed by atoms with Crippen molar-refractivity contribution in [3.8, 4) is 11.1 Å². The number of carbonyl (C=O) groups excluding carboxylic acids is 1. The van der Waals surface area contributed by atoms with E-state index in [-0.39, 0.29) is 11.8 Å². The first-order chi connectivity index (χ1) is 12.8. The summed E-state index contributed by atoms with van der Waals surface area (Å²) in [6.07, 6.45) is 9.81. The van der Waals surface area contributed by atoms with Crippen molar-refractivity contribution in [2.75, 3.05) is 13.1 Å². The van der Waals surface area contributed by atoms with E-state index in [1.807, 2.05) is 40.0 Å². The Morgan fingerprint density at radius 1 is 1.12 bits per heavy atom. The van der Waals surface area contributed by atoms with E-state index in [9.17, 15) is 4.79 Å². The number of aromatic nitrogens is 4. The number of hydrogen-bond acceptors (Lipinski definition) is 4. The van der Waals surface area contributed by atoms with Gasteiger partial charge in [-0.05, 0) is 43.9 Å². The minimum absolute atomic E-state index is 0.230. The molecular weight excluding hydrogens is 326 g/mol. The van der Waals surface area contributed by atoms with Gasteiger partial charge in [0.1, 0.15) is 0 Å². The van der Waals surface area contributed by atoms with Crippen LogP contribution in [0.5, 0.6) is 0 Å². The van der Waals surface area contributed by atoms with Gasteiger partial charge in [0.05, 0.1) is 0 Å². The Hall–Kier alpha value is -2.76. The molecular formula is C20H21N5O. The Labute approximate surface area is 151 Å². The Balaban J connectivity index is 1.41. The summed E-state index contributed by atoms with van der Waals surface area (Å²) in [4.78, 5) is 23.3. The average molecular weight is 347 g/mol. The van der Waals surface area contributed by atoms with Gasteiger partial charge in [-0.25, -0.2) is 9.50 Å². The van der Waals surface area contributed by atoms with Crippen LogP contribution < -0.4 is 0 Å². The third-order valence-corrected chi connectivity index (χ3v) is 5.37. The third kappa shape index (κ3) is 2.85. The molecule has 1 saturated heterocycles. The highest BCUT2D eigenvalue weighted by Gasteiger charge is 2.36. The molecule has 0 spiro atoms. The predicted molar refractivity (Wildman–Crippen MR) is 97.5 cm³/mol. The van der Waals surface area contributed by atoms with Crippen LogP contribution >= 0.6 is 0 Å². The van der Waals surface area contributed by atoms with Crippen molar-refractivity contribution in [3.63, 3.8) is 0 Å². The smallest absolute Gasteiger partial charge is 0.225 e. The lowest BCUT2D eigenvalue weighted by atomic mass is 9.97. The van der Waals surface area contributed by atoms with Crippen LogP contribution in [0.2, 0.25) is 0 Å². The Morgan fingerprint density at radius 2 is 2.04 bits per heavy atom. The summed E-state index contributed by atoms with van der Waals surface area (Å²) in [5.74, 6) is 1.69. The van der Waals surface area contributed by atoms with E-state index in [1.165, 1.54) is 0 Å². The van der Waals surface area contributed by atoms with Crippen molar-refractivity contribution >= 4 is 11.6 Å². The topological polar surface area (TPSA) is 63.4 Å². The molecule has 0 radical (unpaired) electrons. The van der Waals surface area contributed by atoms with Gasteiger partial charge in [-0.15, -0.1) is 0 Å². The zero-order valence-corrected chi connectivity index (χ0v) is 14.6. The van der Waals surface area contributed by atoms with E-state index in [4.69, 9.17) is 10.1 Å². The maximum atomic E-state index is 12.4. The molecule has 1 amide bonds. The van der Waals surface area contributed by atoms with Crippen molar-refractivity contribution in [3.05, 3.63) is 48.7 Å². The van der Waals surface area contributed by atoms with Crippen LogP contribution in [0.3, 0.4) is 0 Å². The number of carbonyl (C=O) groups is 1. The Kier molecular flexibility index (Phi) is 3.69. The predicted octanol–water partition coefficient (Wildman–Crippen LogP) is 2.91. The first-order valence-electron chi connectivity index (χ1n) is 9.33. The van der Waals surface area contributed by atoms with Gasteiger partial charge < -0.3 is 4.90 Å². The van der Waals surface area contributed by atoms with E-state index < -0.39 is 0 Å². The normalized spacial score (nSPS) is 20.5. The second-order valence-corrected chi connectivity index (χ2v) is 7.33. The standard InChI is InChI=1S/C20H21N5O/c26-20(14-5-6-14)24-10-2-4-17(12-24)19-22-18-8-7-16(13-25(18)23-19)15-3-1-9-21-11-15/h1,3,7-9,11,13-14,17H,2,4-6,10,12H2/t17-/m0/s1. The van der Waals surface area contributed by atoms with Crippen LogP contribution in [0.1, 0.15) is 37.4 Å². The number of amides is 1. The highest BCUT2D eigenvalue weighted by molar-refractivity contribution is 5.81. The second kappa shape index (κ2) is 6.20. The zero-order valence-electron chi connectivity index (χ0n) is 14.6. The van der Waals surface area contributed by atoms with E-state index in [2.05, 4.69) is 11.1 Å². The van der Waals surface area contributed by atoms with Gasteiger partial charge in [-0.2, -0.15) is 5.10 Å². The summed E-state index contributed by atoms with van der Waals surface area (Å²) in [5, 5.41) is 4.72. The van der Waals surface area contributed by atoms with Gasteiger partial charge >= 0.3 is 0 Å². The highest BCUT2D eigenvalue weighted by Crippen LogP contribution is 2.34. The molecule has 0 unspecified atom stereocenters. The number of piperidine rings is 1. The van der Waals surface area contributed by atoms with Gasteiger partial charge in [-0.1, -0.05) is 6.07 Å². The minimum Gasteiger partial charge on any atom is -0.342 e. The van der Waals surface area contributed by atoms with Gasteiger partial charge in [0, 0.05) is 54.6 Å². The van der Waals surface area contributed by atoms with Crippen molar-refractivity contribution in [1.29, 1.82) is 0 Å².